The number of imidazole rings is 1. The molecular formula is C18H15ClFN7O. The molecule has 0 saturated heterocycles. The van der Waals surface area contributed by atoms with Crippen LogP contribution in [0.1, 0.15) is 0 Å². The summed E-state index contributed by atoms with van der Waals surface area (Å²) >= 11 is 6.15. The molecular weight excluding hydrogens is 385 g/mol. The van der Waals surface area contributed by atoms with Gasteiger partial charge in [-0.25, -0.2) is 24.3 Å². The van der Waals surface area contributed by atoms with Crippen molar-refractivity contribution < 1.29 is 9.50 Å². The number of aromatic nitrogens is 5. The summed E-state index contributed by atoms with van der Waals surface area (Å²) in [5.41, 5.74) is 1.38. The van der Waals surface area contributed by atoms with Gasteiger partial charge in [0.15, 0.2) is 5.82 Å². The van der Waals surface area contributed by atoms with E-state index in [-0.39, 0.29) is 17.2 Å². The predicted molar refractivity (Wildman–Crippen MR) is 105 cm³/mol. The number of hydrogen-bond acceptors (Lipinski definition) is 7. The molecule has 0 saturated carbocycles. The highest BCUT2D eigenvalue weighted by Gasteiger charge is 2.16. The Labute approximate surface area is 163 Å². The second-order valence-corrected chi connectivity index (χ2v) is 6.21. The molecule has 0 aliphatic heterocycles. The van der Waals surface area contributed by atoms with E-state index in [0.29, 0.717) is 40.9 Å². The summed E-state index contributed by atoms with van der Waals surface area (Å²) in [6.07, 6.45) is 2.98. The van der Waals surface area contributed by atoms with Gasteiger partial charge in [0.25, 0.3) is 0 Å². The Bertz CT molecular complexity index is 1110. The second-order valence-electron chi connectivity index (χ2n) is 5.80. The summed E-state index contributed by atoms with van der Waals surface area (Å²) in [7, 11) is 0. The van der Waals surface area contributed by atoms with Crippen molar-refractivity contribution in [1.82, 2.24) is 24.9 Å². The van der Waals surface area contributed by atoms with E-state index in [9.17, 15) is 4.39 Å². The Morgan fingerprint density at radius 1 is 1.14 bits per heavy atom. The van der Waals surface area contributed by atoms with Crippen LogP contribution in [-0.4, -0.2) is 43.2 Å². The number of fused-ring (bicyclic) bond motifs is 1. The Kier molecular flexibility index (Phi) is 5.00. The van der Waals surface area contributed by atoms with Gasteiger partial charge in [0.2, 0.25) is 0 Å². The van der Waals surface area contributed by atoms with Crippen molar-refractivity contribution in [2.24, 2.45) is 0 Å². The van der Waals surface area contributed by atoms with Gasteiger partial charge in [-0.2, -0.15) is 0 Å². The zero-order valence-electron chi connectivity index (χ0n) is 14.4. The van der Waals surface area contributed by atoms with Crippen LogP contribution in [0.15, 0.2) is 42.9 Å². The lowest BCUT2D eigenvalue weighted by atomic mass is 10.2. The fourth-order valence-corrected chi connectivity index (χ4v) is 2.95. The lowest BCUT2D eigenvalue weighted by Crippen LogP contribution is -2.07. The van der Waals surface area contributed by atoms with Gasteiger partial charge in [0.05, 0.1) is 22.7 Å². The van der Waals surface area contributed by atoms with E-state index in [0.717, 1.165) is 0 Å². The van der Waals surface area contributed by atoms with Gasteiger partial charge in [0, 0.05) is 18.8 Å². The molecule has 0 bridgehead atoms. The van der Waals surface area contributed by atoms with Crippen molar-refractivity contribution in [2.75, 3.05) is 23.8 Å². The van der Waals surface area contributed by atoms with Gasteiger partial charge in [-0.3, -0.25) is 0 Å². The third kappa shape index (κ3) is 3.57. The number of hydrogen-bond donors (Lipinski definition) is 4. The second kappa shape index (κ2) is 7.75. The number of nitrogens with one attached hydrogen (secondary N) is 3. The first-order valence-corrected chi connectivity index (χ1v) is 8.76. The molecule has 1 aromatic carbocycles. The third-order valence-corrected chi connectivity index (χ3v) is 4.25. The predicted octanol–water partition coefficient (Wildman–Crippen LogP) is 3.36. The van der Waals surface area contributed by atoms with Crippen molar-refractivity contribution in [3.8, 4) is 11.4 Å². The molecule has 4 rings (SSSR count). The van der Waals surface area contributed by atoms with Gasteiger partial charge in [-0.1, -0.05) is 17.7 Å². The van der Waals surface area contributed by atoms with Crippen molar-refractivity contribution >= 4 is 40.1 Å². The molecule has 3 aromatic heterocycles. The van der Waals surface area contributed by atoms with Crippen molar-refractivity contribution in [2.45, 2.75) is 0 Å². The van der Waals surface area contributed by atoms with Crippen LogP contribution in [-0.2, 0) is 0 Å². The first kappa shape index (κ1) is 18.1. The van der Waals surface area contributed by atoms with Crippen LogP contribution in [0.25, 0.3) is 22.4 Å². The highest BCUT2D eigenvalue weighted by Crippen LogP contribution is 2.31. The first-order valence-electron chi connectivity index (χ1n) is 8.38. The molecule has 0 unspecified atom stereocenters. The normalized spacial score (nSPS) is 11.0. The van der Waals surface area contributed by atoms with Crippen LogP contribution >= 0.6 is 11.6 Å². The molecule has 142 valence electrons. The number of aliphatic hydroxyl groups excluding tert-OH is 1. The molecule has 10 heteroatoms. The zero-order valence-corrected chi connectivity index (χ0v) is 15.2. The van der Waals surface area contributed by atoms with Gasteiger partial charge in [-0.05, 0) is 18.2 Å². The number of rotatable bonds is 6. The largest absolute Gasteiger partial charge is 0.395 e. The number of aromatic amines is 1. The summed E-state index contributed by atoms with van der Waals surface area (Å²) in [4.78, 5) is 20.1. The summed E-state index contributed by atoms with van der Waals surface area (Å²) in [6, 6.07) is 7.86. The maximum absolute atomic E-state index is 14.2. The van der Waals surface area contributed by atoms with E-state index in [2.05, 4.69) is 35.6 Å². The van der Waals surface area contributed by atoms with Crippen LogP contribution in [0.3, 0.4) is 0 Å². The minimum absolute atomic E-state index is 0.0108. The minimum atomic E-state index is -0.468. The number of H-pyrrole nitrogens is 1. The average molecular weight is 400 g/mol. The van der Waals surface area contributed by atoms with Crippen LogP contribution < -0.4 is 10.6 Å². The van der Waals surface area contributed by atoms with Crippen molar-refractivity contribution in [1.29, 1.82) is 0 Å². The highest BCUT2D eigenvalue weighted by atomic mass is 35.5. The molecule has 28 heavy (non-hydrogen) atoms. The number of pyridine rings is 1. The number of nitrogens with zero attached hydrogens (tertiary/aromatic N) is 4. The molecule has 4 N–H and O–H groups in total. The maximum atomic E-state index is 14.2. The van der Waals surface area contributed by atoms with Crippen LogP contribution in [0, 0.1) is 5.82 Å². The lowest BCUT2D eigenvalue weighted by molar-refractivity contribution is 0.311. The standard InChI is InChI=1S/C18H15ClFN7O/c19-10-2-1-3-11(20)15(10)17-25-12-4-5-22-18(16(12)27-17)26-14-8-13(21-6-7-28)23-9-24-14/h1-5,8-9,28H,6-7H2,(H,25,27)(H2,21,22,23,24,26). The fourth-order valence-electron chi connectivity index (χ4n) is 2.70. The molecule has 0 fully saturated rings. The van der Waals surface area contributed by atoms with E-state index in [4.69, 9.17) is 16.7 Å². The lowest BCUT2D eigenvalue weighted by Gasteiger charge is -2.07. The molecule has 3 heterocycles. The molecule has 0 atom stereocenters. The quantitative estimate of drug-likeness (QED) is 0.393. The molecule has 0 aliphatic carbocycles. The van der Waals surface area contributed by atoms with Crippen molar-refractivity contribution in [3.63, 3.8) is 0 Å². The summed E-state index contributed by atoms with van der Waals surface area (Å²) in [5, 5.41) is 15.2. The van der Waals surface area contributed by atoms with Gasteiger partial charge < -0.3 is 20.7 Å². The Balaban J connectivity index is 1.70. The third-order valence-electron chi connectivity index (χ3n) is 3.94. The molecule has 0 spiro atoms. The molecule has 0 radical (unpaired) electrons. The minimum Gasteiger partial charge on any atom is -0.395 e. The summed E-state index contributed by atoms with van der Waals surface area (Å²) < 4.78 is 14.2. The number of anilines is 3. The smallest absolute Gasteiger partial charge is 0.157 e. The van der Waals surface area contributed by atoms with Crippen molar-refractivity contribution in [3.05, 3.63) is 53.7 Å². The zero-order chi connectivity index (χ0) is 19.5. The number of benzene rings is 1. The van der Waals surface area contributed by atoms with E-state index in [1.54, 1.807) is 24.4 Å². The summed E-state index contributed by atoms with van der Waals surface area (Å²) in [6.45, 7) is 0.362. The SMILES string of the molecule is OCCNc1cc(Nc2nccc3nc(-c4c(F)cccc4Cl)[nH]c23)ncn1. The van der Waals surface area contributed by atoms with Crippen LogP contribution in [0.2, 0.25) is 5.02 Å². The number of halogens is 2. The van der Waals surface area contributed by atoms with E-state index in [1.807, 2.05) is 0 Å². The number of aliphatic hydroxyl groups is 1. The average Bonchev–Trinajstić information content (AvgIpc) is 3.11. The first-order chi connectivity index (χ1) is 13.7. The molecule has 8 nitrogen and oxygen atoms in total. The van der Waals surface area contributed by atoms with E-state index in [1.165, 1.54) is 18.5 Å². The van der Waals surface area contributed by atoms with Gasteiger partial charge in [0.1, 0.15) is 35.1 Å². The summed E-state index contributed by atoms with van der Waals surface area (Å²) in [5.74, 6) is 1.36. The Morgan fingerprint density at radius 2 is 2.00 bits per heavy atom. The van der Waals surface area contributed by atoms with Crippen LogP contribution in [0.4, 0.5) is 21.8 Å². The monoisotopic (exact) mass is 399 g/mol. The van der Waals surface area contributed by atoms with Gasteiger partial charge in [-0.15, -0.1) is 0 Å². The molecule has 0 aliphatic rings. The van der Waals surface area contributed by atoms with E-state index >= 15 is 0 Å². The topological polar surface area (TPSA) is 112 Å². The van der Waals surface area contributed by atoms with Crippen LogP contribution in [0.5, 0.6) is 0 Å². The Morgan fingerprint density at radius 3 is 2.82 bits per heavy atom. The van der Waals surface area contributed by atoms with E-state index < -0.39 is 5.82 Å². The Hall–Kier alpha value is -3.30. The molecule has 4 aromatic rings. The molecule has 0 amide bonds. The maximum Gasteiger partial charge on any atom is 0.157 e. The fraction of sp³-hybridized carbons (Fsp3) is 0.111. The highest BCUT2D eigenvalue weighted by molar-refractivity contribution is 6.33. The van der Waals surface area contributed by atoms with Gasteiger partial charge >= 0.3 is 0 Å².